The van der Waals surface area contributed by atoms with E-state index in [1.807, 2.05) is 14.0 Å². The third-order valence-electron chi connectivity index (χ3n) is 3.76. The summed E-state index contributed by atoms with van der Waals surface area (Å²) in [6, 6.07) is 0.174. The van der Waals surface area contributed by atoms with E-state index in [1.165, 1.54) is 20.0 Å². The van der Waals surface area contributed by atoms with Crippen LogP contribution in [0.25, 0.3) is 0 Å². The summed E-state index contributed by atoms with van der Waals surface area (Å²) in [7, 11) is 3.48. The zero-order valence-electron chi connectivity index (χ0n) is 11.4. The Morgan fingerprint density at radius 1 is 1.47 bits per heavy atom. The Morgan fingerprint density at radius 2 is 2.18 bits per heavy atom. The van der Waals surface area contributed by atoms with Gasteiger partial charge in [0, 0.05) is 19.2 Å². The molecule has 0 spiro atoms. The standard InChI is InChI=1S/C13H25NO3/c1-10(13(15)16-4)11(2)14(3)9-12-7-5-6-8-17-12/h10-12H,5-9H2,1-4H3. The maximum Gasteiger partial charge on any atom is 0.309 e. The molecule has 3 unspecified atom stereocenters. The predicted molar refractivity (Wildman–Crippen MR) is 66.9 cm³/mol. The maximum atomic E-state index is 11.5. The second-order valence-corrected chi connectivity index (χ2v) is 4.98. The summed E-state index contributed by atoms with van der Waals surface area (Å²) in [5, 5.41) is 0. The molecule has 0 aromatic carbocycles. The highest BCUT2D eigenvalue weighted by atomic mass is 16.5. The van der Waals surface area contributed by atoms with E-state index in [9.17, 15) is 4.79 Å². The molecule has 0 bridgehead atoms. The third-order valence-corrected chi connectivity index (χ3v) is 3.76. The van der Waals surface area contributed by atoms with Crippen LogP contribution in [0.2, 0.25) is 0 Å². The van der Waals surface area contributed by atoms with Crippen LogP contribution >= 0.6 is 0 Å². The molecule has 3 atom stereocenters. The lowest BCUT2D eigenvalue weighted by Gasteiger charge is -2.33. The molecule has 1 aliphatic rings. The van der Waals surface area contributed by atoms with Crippen molar-refractivity contribution < 1.29 is 14.3 Å². The number of ether oxygens (including phenoxy) is 2. The summed E-state index contributed by atoms with van der Waals surface area (Å²) < 4.78 is 10.5. The molecule has 4 nitrogen and oxygen atoms in total. The van der Waals surface area contributed by atoms with Crippen LogP contribution in [0.1, 0.15) is 33.1 Å². The number of carbonyl (C=O) groups is 1. The second kappa shape index (κ2) is 6.97. The van der Waals surface area contributed by atoms with Crippen LogP contribution in [0.3, 0.4) is 0 Å². The highest BCUT2D eigenvalue weighted by Crippen LogP contribution is 2.17. The molecule has 0 amide bonds. The van der Waals surface area contributed by atoms with Crippen LogP contribution < -0.4 is 0 Å². The Kier molecular flexibility index (Phi) is 5.92. The van der Waals surface area contributed by atoms with Gasteiger partial charge in [-0.1, -0.05) is 6.92 Å². The molecule has 17 heavy (non-hydrogen) atoms. The first-order valence-corrected chi connectivity index (χ1v) is 6.46. The van der Waals surface area contributed by atoms with Crippen molar-refractivity contribution in [3.63, 3.8) is 0 Å². The van der Waals surface area contributed by atoms with E-state index in [4.69, 9.17) is 9.47 Å². The van der Waals surface area contributed by atoms with Crippen LogP contribution in [0.4, 0.5) is 0 Å². The molecule has 1 rings (SSSR count). The number of carbonyl (C=O) groups excluding carboxylic acids is 1. The molecule has 1 saturated heterocycles. The van der Waals surface area contributed by atoms with Gasteiger partial charge in [0.2, 0.25) is 0 Å². The Bertz CT molecular complexity index is 239. The van der Waals surface area contributed by atoms with Crippen molar-refractivity contribution in [2.24, 2.45) is 5.92 Å². The Balaban J connectivity index is 2.39. The van der Waals surface area contributed by atoms with Crippen LogP contribution in [0.15, 0.2) is 0 Å². The second-order valence-electron chi connectivity index (χ2n) is 4.98. The van der Waals surface area contributed by atoms with Crippen molar-refractivity contribution in [1.82, 2.24) is 4.90 Å². The average molecular weight is 243 g/mol. The summed E-state index contributed by atoms with van der Waals surface area (Å²) in [6.07, 6.45) is 3.87. The molecule has 1 aliphatic heterocycles. The van der Waals surface area contributed by atoms with Crippen molar-refractivity contribution >= 4 is 5.97 Å². The van der Waals surface area contributed by atoms with Gasteiger partial charge in [-0.2, -0.15) is 0 Å². The number of rotatable bonds is 5. The van der Waals surface area contributed by atoms with Gasteiger partial charge in [-0.3, -0.25) is 4.79 Å². The Hall–Kier alpha value is -0.610. The molecule has 0 radical (unpaired) electrons. The third kappa shape index (κ3) is 4.28. The molecule has 4 heteroatoms. The van der Waals surface area contributed by atoms with Gasteiger partial charge in [-0.25, -0.2) is 0 Å². The molecule has 0 aromatic rings. The van der Waals surface area contributed by atoms with Gasteiger partial charge < -0.3 is 14.4 Å². The number of hydrogen-bond acceptors (Lipinski definition) is 4. The van der Waals surface area contributed by atoms with E-state index in [1.54, 1.807) is 0 Å². The van der Waals surface area contributed by atoms with Crippen LogP contribution in [0, 0.1) is 5.92 Å². The number of nitrogens with zero attached hydrogens (tertiary/aromatic N) is 1. The predicted octanol–water partition coefficient (Wildman–Crippen LogP) is 1.68. The fourth-order valence-corrected chi connectivity index (χ4v) is 2.20. The highest BCUT2D eigenvalue weighted by Gasteiger charge is 2.26. The van der Waals surface area contributed by atoms with Gasteiger partial charge in [0.25, 0.3) is 0 Å². The number of likely N-dealkylation sites (N-methyl/N-ethyl adjacent to an activating group) is 1. The zero-order valence-corrected chi connectivity index (χ0v) is 11.4. The SMILES string of the molecule is COC(=O)C(C)C(C)N(C)CC1CCCCO1. The van der Waals surface area contributed by atoms with Crippen molar-refractivity contribution in [3.8, 4) is 0 Å². The molecule has 1 heterocycles. The van der Waals surface area contributed by atoms with Gasteiger partial charge in [0.1, 0.15) is 0 Å². The molecular formula is C13H25NO3. The van der Waals surface area contributed by atoms with E-state index in [-0.39, 0.29) is 17.9 Å². The minimum Gasteiger partial charge on any atom is -0.469 e. The van der Waals surface area contributed by atoms with Gasteiger partial charge in [-0.15, -0.1) is 0 Å². The molecule has 1 fully saturated rings. The topological polar surface area (TPSA) is 38.8 Å². The molecule has 100 valence electrons. The molecular weight excluding hydrogens is 218 g/mol. The first kappa shape index (κ1) is 14.5. The monoisotopic (exact) mass is 243 g/mol. The molecule has 0 aliphatic carbocycles. The van der Waals surface area contributed by atoms with Crippen LogP contribution in [-0.2, 0) is 14.3 Å². The summed E-state index contributed by atoms with van der Waals surface area (Å²) in [6.45, 7) is 5.74. The first-order valence-electron chi connectivity index (χ1n) is 6.46. The lowest BCUT2D eigenvalue weighted by Crippen LogP contribution is -2.43. The van der Waals surface area contributed by atoms with Crippen molar-refractivity contribution in [2.45, 2.75) is 45.3 Å². The van der Waals surface area contributed by atoms with Crippen molar-refractivity contribution in [3.05, 3.63) is 0 Å². The van der Waals surface area contributed by atoms with E-state index in [0.29, 0.717) is 6.10 Å². The van der Waals surface area contributed by atoms with Crippen LogP contribution in [-0.4, -0.2) is 50.3 Å². The average Bonchev–Trinajstić information content (AvgIpc) is 2.37. The smallest absolute Gasteiger partial charge is 0.309 e. The van der Waals surface area contributed by atoms with Gasteiger partial charge >= 0.3 is 5.97 Å². The molecule has 0 N–H and O–H groups in total. The van der Waals surface area contributed by atoms with Crippen molar-refractivity contribution in [1.29, 1.82) is 0 Å². The fourth-order valence-electron chi connectivity index (χ4n) is 2.20. The molecule has 0 aromatic heterocycles. The Morgan fingerprint density at radius 3 is 2.71 bits per heavy atom. The van der Waals surface area contributed by atoms with E-state index in [0.717, 1.165) is 19.6 Å². The van der Waals surface area contributed by atoms with Gasteiger partial charge in [0.05, 0.1) is 19.1 Å². The summed E-state index contributed by atoms with van der Waals surface area (Å²) in [5.74, 6) is -0.248. The zero-order chi connectivity index (χ0) is 12.8. The van der Waals surface area contributed by atoms with E-state index >= 15 is 0 Å². The van der Waals surface area contributed by atoms with Gasteiger partial charge in [0.15, 0.2) is 0 Å². The minimum atomic E-state index is -0.145. The summed E-state index contributed by atoms with van der Waals surface area (Å²) >= 11 is 0. The van der Waals surface area contributed by atoms with Crippen LogP contribution in [0.5, 0.6) is 0 Å². The minimum absolute atomic E-state index is 0.103. The number of methoxy groups -OCH3 is 1. The maximum absolute atomic E-state index is 11.5. The quantitative estimate of drug-likeness (QED) is 0.689. The summed E-state index contributed by atoms with van der Waals surface area (Å²) in [5.41, 5.74) is 0. The van der Waals surface area contributed by atoms with Crippen molar-refractivity contribution in [2.75, 3.05) is 27.3 Å². The highest BCUT2D eigenvalue weighted by molar-refractivity contribution is 5.72. The normalized spacial score (nSPS) is 24.4. The fraction of sp³-hybridized carbons (Fsp3) is 0.923. The van der Waals surface area contributed by atoms with E-state index in [2.05, 4.69) is 11.8 Å². The first-order chi connectivity index (χ1) is 8.06. The lowest BCUT2D eigenvalue weighted by atomic mass is 10.0. The lowest BCUT2D eigenvalue weighted by molar-refractivity contribution is -0.147. The Labute approximate surface area is 104 Å². The summed E-state index contributed by atoms with van der Waals surface area (Å²) in [4.78, 5) is 13.7. The van der Waals surface area contributed by atoms with Gasteiger partial charge in [-0.05, 0) is 33.2 Å². The molecule has 0 saturated carbocycles. The number of hydrogen-bond donors (Lipinski definition) is 0. The largest absolute Gasteiger partial charge is 0.469 e. The number of esters is 1. The van der Waals surface area contributed by atoms with E-state index < -0.39 is 0 Å².